The summed E-state index contributed by atoms with van der Waals surface area (Å²) in [6.45, 7) is 0. The van der Waals surface area contributed by atoms with Crippen LogP contribution in [0.15, 0.2) is 29.2 Å². The van der Waals surface area contributed by atoms with E-state index in [0.29, 0.717) is 0 Å². The summed E-state index contributed by atoms with van der Waals surface area (Å²) in [7, 11) is -7.16. The minimum atomic E-state index is -4.06. The van der Waals surface area contributed by atoms with Crippen molar-refractivity contribution in [3.05, 3.63) is 34.4 Å². The zero-order chi connectivity index (χ0) is 15.7. The Morgan fingerprint density at radius 2 is 1.76 bits per heavy atom. The lowest BCUT2D eigenvalue weighted by atomic mass is 10.2. The van der Waals surface area contributed by atoms with E-state index in [0.717, 1.165) is 12.1 Å². The number of hydrogen-bond acceptors (Lipinski definition) is 6. The van der Waals surface area contributed by atoms with Gasteiger partial charge < -0.3 is 0 Å². The van der Waals surface area contributed by atoms with E-state index in [-0.39, 0.29) is 24.3 Å². The van der Waals surface area contributed by atoms with Gasteiger partial charge in [0, 0.05) is 12.1 Å². The summed E-state index contributed by atoms with van der Waals surface area (Å²) >= 11 is 0. The van der Waals surface area contributed by atoms with Crippen LogP contribution in [0.3, 0.4) is 0 Å². The summed E-state index contributed by atoms with van der Waals surface area (Å²) in [5.41, 5.74) is -0.506. The number of sulfone groups is 1. The number of hydrogen-bond donors (Lipinski definition) is 1. The van der Waals surface area contributed by atoms with Gasteiger partial charge in [0.2, 0.25) is 10.0 Å². The maximum Gasteiger partial charge on any atom is 0.289 e. The van der Waals surface area contributed by atoms with E-state index in [1.165, 1.54) is 12.1 Å². The molecule has 116 valence electrons. The van der Waals surface area contributed by atoms with Crippen molar-refractivity contribution in [2.75, 3.05) is 11.5 Å². The van der Waals surface area contributed by atoms with Crippen LogP contribution in [0.25, 0.3) is 0 Å². The largest absolute Gasteiger partial charge is 0.289 e. The van der Waals surface area contributed by atoms with Gasteiger partial charge in [0.1, 0.15) is 9.84 Å². The van der Waals surface area contributed by atoms with Crippen LogP contribution in [0.4, 0.5) is 5.69 Å². The van der Waals surface area contributed by atoms with Crippen molar-refractivity contribution in [1.82, 2.24) is 4.72 Å². The molecule has 0 amide bonds. The third kappa shape index (κ3) is 3.77. The first-order valence-corrected chi connectivity index (χ1v) is 9.48. The molecule has 0 aromatic heterocycles. The minimum Gasteiger partial charge on any atom is -0.258 e. The first-order chi connectivity index (χ1) is 9.71. The second-order valence-electron chi connectivity index (χ2n) is 4.77. The van der Waals surface area contributed by atoms with Crippen LogP contribution in [-0.4, -0.2) is 39.3 Å². The van der Waals surface area contributed by atoms with Gasteiger partial charge in [-0.15, -0.1) is 0 Å². The van der Waals surface area contributed by atoms with Crippen molar-refractivity contribution < 1.29 is 21.8 Å². The Morgan fingerprint density at radius 1 is 1.19 bits per heavy atom. The summed E-state index contributed by atoms with van der Waals surface area (Å²) in [5.74, 6) is -0.172. The number of nitrogens with zero attached hydrogens (tertiary/aromatic N) is 1. The van der Waals surface area contributed by atoms with E-state index < -0.39 is 41.4 Å². The molecule has 0 aliphatic carbocycles. The molecule has 1 aliphatic heterocycles. The Labute approximate surface area is 122 Å². The fraction of sp³-hybridized carbons (Fsp3) is 0.455. The standard InChI is InChI=1S/C11H14N2O6S2/c14-13(15)10-3-1-2-4-11(10)21(18,19)12-9-5-7-20(16,17)8-6-9/h1-4,9,12H,5-8H2. The van der Waals surface area contributed by atoms with Crippen LogP contribution >= 0.6 is 0 Å². The molecular weight excluding hydrogens is 320 g/mol. The predicted octanol–water partition coefficient (Wildman–Crippen LogP) is 0.450. The highest BCUT2D eigenvalue weighted by molar-refractivity contribution is 7.91. The molecule has 1 heterocycles. The van der Waals surface area contributed by atoms with Crippen molar-refractivity contribution in [2.45, 2.75) is 23.8 Å². The molecule has 1 N–H and O–H groups in total. The molecule has 1 aromatic carbocycles. The van der Waals surface area contributed by atoms with Gasteiger partial charge in [-0.1, -0.05) is 12.1 Å². The third-order valence-corrected chi connectivity index (χ3v) is 6.51. The second kappa shape index (κ2) is 5.70. The summed E-state index contributed by atoms with van der Waals surface area (Å²) in [5, 5.41) is 10.9. The van der Waals surface area contributed by atoms with Crippen LogP contribution in [0.5, 0.6) is 0 Å². The average molecular weight is 334 g/mol. The number of rotatable bonds is 4. The van der Waals surface area contributed by atoms with Crippen molar-refractivity contribution in [3.8, 4) is 0 Å². The van der Waals surface area contributed by atoms with Gasteiger partial charge in [-0.3, -0.25) is 10.1 Å². The highest BCUT2D eigenvalue weighted by Gasteiger charge is 2.30. The number of nitrogens with one attached hydrogen (secondary N) is 1. The van der Waals surface area contributed by atoms with E-state index >= 15 is 0 Å². The van der Waals surface area contributed by atoms with Gasteiger partial charge in [-0.2, -0.15) is 0 Å². The summed E-state index contributed by atoms with van der Waals surface area (Å²) in [4.78, 5) is 9.70. The van der Waals surface area contributed by atoms with Crippen LogP contribution in [0.2, 0.25) is 0 Å². The highest BCUT2D eigenvalue weighted by Crippen LogP contribution is 2.24. The number of sulfonamides is 1. The monoisotopic (exact) mass is 334 g/mol. The Bertz CT molecular complexity index is 743. The summed E-state index contributed by atoms with van der Waals surface area (Å²) in [6.07, 6.45) is 0.338. The quantitative estimate of drug-likeness (QED) is 0.630. The summed E-state index contributed by atoms with van der Waals surface area (Å²) in [6, 6.07) is 4.51. The highest BCUT2D eigenvalue weighted by atomic mass is 32.2. The third-order valence-electron chi connectivity index (χ3n) is 3.23. The SMILES string of the molecule is O=[N+]([O-])c1ccccc1S(=O)(=O)NC1CCS(=O)(=O)CC1. The van der Waals surface area contributed by atoms with Crippen LogP contribution in [0.1, 0.15) is 12.8 Å². The van der Waals surface area contributed by atoms with E-state index in [9.17, 15) is 26.9 Å². The molecule has 0 bridgehead atoms. The molecule has 21 heavy (non-hydrogen) atoms. The van der Waals surface area contributed by atoms with Gasteiger partial charge in [0.15, 0.2) is 4.90 Å². The van der Waals surface area contributed by atoms with Crippen molar-refractivity contribution in [3.63, 3.8) is 0 Å². The lowest BCUT2D eigenvalue weighted by Crippen LogP contribution is -2.40. The zero-order valence-electron chi connectivity index (χ0n) is 10.9. The van der Waals surface area contributed by atoms with E-state index in [2.05, 4.69) is 4.72 Å². The van der Waals surface area contributed by atoms with Gasteiger partial charge in [0.05, 0.1) is 16.4 Å². The average Bonchev–Trinajstić information content (AvgIpc) is 2.41. The molecule has 8 nitrogen and oxygen atoms in total. The van der Waals surface area contributed by atoms with Crippen molar-refractivity contribution in [1.29, 1.82) is 0 Å². The molecule has 1 fully saturated rings. The van der Waals surface area contributed by atoms with Gasteiger partial charge in [-0.05, 0) is 18.9 Å². The van der Waals surface area contributed by atoms with Gasteiger partial charge in [0.25, 0.3) is 5.69 Å². The first-order valence-electron chi connectivity index (χ1n) is 6.17. The molecule has 2 rings (SSSR count). The molecular formula is C11H14N2O6S2. The molecule has 0 unspecified atom stereocenters. The zero-order valence-corrected chi connectivity index (χ0v) is 12.6. The molecule has 10 heteroatoms. The summed E-state index contributed by atoms with van der Waals surface area (Å²) < 4.78 is 49.4. The molecule has 1 saturated heterocycles. The Balaban J connectivity index is 2.22. The molecule has 0 radical (unpaired) electrons. The Hall–Kier alpha value is -1.52. The van der Waals surface area contributed by atoms with Crippen LogP contribution in [-0.2, 0) is 19.9 Å². The fourth-order valence-corrected chi connectivity index (χ4v) is 5.09. The molecule has 0 spiro atoms. The molecule has 1 aliphatic rings. The van der Waals surface area contributed by atoms with Crippen molar-refractivity contribution >= 4 is 25.5 Å². The van der Waals surface area contributed by atoms with Crippen LogP contribution < -0.4 is 4.72 Å². The van der Waals surface area contributed by atoms with Crippen molar-refractivity contribution in [2.24, 2.45) is 0 Å². The smallest absolute Gasteiger partial charge is 0.258 e. The Morgan fingerprint density at radius 3 is 2.33 bits per heavy atom. The maximum atomic E-state index is 12.2. The molecule has 0 saturated carbocycles. The van der Waals surface area contributed by atoms with E-state index in [1.807, 2.05) is 0 Å². The lowest BCUT2D eigenvalue weighted by Gasteiger charge is -2.22. The number of benzene rings is 1. The first kappa shape index (κ1) is 15.9. The topological polar surface area (TPSA) is 123 Å². The van der Waals surface area contributed by atoms with Crippen LogP contribution in [0, 0.1) is 10.1 Å². The Kier molecular flexibility index (Phi) is 4.30. The minimum absolute atomic E-state index is 0.0862. The van der Waals surface area contributed by atoms with E-state index in [1.54, 1.807) is 0 Å². The van der Waals surface area contributed by atoms with E-state index in [4.69, 9.17) is 0 Å². The lowest BCUT2D eigenvalue weighted by molar-refractivity contribution is -0.387. The number of nitro benzene ring substituents is 1. The second-order valence-corrected chi connectivity index (χ2v) is 8.76. The molecule has 1 aromatic rings. The van der Waals surface area contributed by atoms with Gasteiger partial charge in [-0.25, -0.2) is 21.6 Å². The normalized spacial score (nSPS) is 19.2. The number of para-hydroxylation sites is 1. The predicted molar refractivity (Wildman–Crippen MR) is 75.1 cm³/mol. The molecule has 0 atom stereocenters. The number of nitro groups is 1. The fourth-order valence-electron chi connectivity index (χ4n) is 2.13. The van der Waals surface area contributed by atoms with Gasteiger partial charge >= 0.3 is 0 Å². The maximum absolute atomic E-state index is 12.2.